The van der Waals surface area contributed by atoms with Crippen molar-refractivity contribution in [2.75, 3.05) is 18.2 Å². The maximum Gasteiger partial charge on any atom is 0.341 e. The Morgan fingerprint density at radius 1 is 1.23 bits per heavy atom. The molecule has 0 aliphatic heterocycles. The highest BCUT2D eigenvalue weighted by Crippen LogP contribution is 2.36. The van der Waals surface area contributed by atoms with Gasteiger partial charge in [0.25, 0.3) is 0 Å². The maximum absolute atomic E-state index is 12.8. The highest BCUT2D eigenvalue weighted by molar-refractivity contribution is 7.99. The summed E-state index contributed by atoms with van der Waals surface area (Å²) in [4.78, 5) is 29.7. The number of ether oxygens (including phenoxy) is 1. The first-order valence-electron chi connectivity index (χ1n) is 10.4. The summed E-state index contributed by atoms with van der Waals surface area (Å²) in [6.07, 6.45) is 3.41. The molecule has 1 N–H and O–H groups in total. The summed E-state index contributed by atoms with van der Waals surface area (Å²) < 4.78 is 6.81. The number of pyridine rings is 1. The van der Waals surface area contributed by atoms with Crippen molar-refractivity contribution in [2.24, 2.45) is 0 Å². The minimum absolute atomic E-state index is 0.0618. The zero-order valence-electron chi connectivity index (χ0n) is 18.6. The summed E-state index contributed by atoms with van der Waals surface area (Å²) in [7, 11) is 1.30. The number of anilines is 1. The van der Waals surface area contributed by atoms with Gasteiger partial charge in [-0.3, -0.25) is 14.3 Å². The zero-order valence-corrected chi connectivity index (χ0v) is 21.0. The lowest BCUT2D eigenvalue weighted by Gasteiger charge is -2.09. The second-order valence-electron chi connectivity index (χ2n) is 7.11. The molecular formula is C24H20ClN5O3S2. The molecule has 3 heterocycles. The van der Waals surface area contributed by atoms with Crippen molar-refractivity contribution >= 4 is 51.6 Å². The molecule has 178 valence electrons. The normalized spacial score (nSPS) is 10.7. The van der Waals surface area contributed by atoms with Crippen molar-refractivity contribution in [3.05, 3.63) is 77.3 Å². The number of thiophene rings is 1. The largest absolute Gasteiger partial charge is 0.465 e. The third-order valence-electron chi connectivity index (χ3n) is 4.84. The van der Waals surface area contributed by atoms with Gasteiger partial charge in [-0.1, -0.05) is 47.6 Å². The van der Waals surface area contributed by atoms with Gasteiger partial charge in [-0.15, -0.1) is 28.1 Å². The van der Waals surface area contributed by atoms with E-state index in [9.17, 15) is 9.59 Å². The van der Waals surface area contributed by atoms with Crippen molar-refractivity contribution in [3.63, 3.8) is 0 Å². The number of hydrogen-bond donors (Lipinski definition) is 1. The Morgan fingerprint density at radius 3 is 2.71 bits per heavy atom. The van der Waals surface area contributed by atoms with E-state index in [0.29, 0.717) is 44.4 Å². The van der Waals surface area contributed by atoms with Crippen LogP contribution in [0.15, 0.2) is 71.9 Å². The van der Waals surface area contributed by atoms with Crippen molar-refractivity contribution in [1.29, 1.82) is 0 Å². The van der Waals surface area contributed by atoms with Crippen LogP contribution in [-0.4, -0.2) is 44.5 Å². The van der Waals surface area contributed by atoms with Gasteiger partial charge in [-0.2, -0.15) is 0 Å². The van der Waals surface area contributed by atoms with Gasteiger partial charge in [-0.25, -0.2) is 4.79 Å². The predicted octanol–water partition coefficient (Wildman–Crippen LogP) is 5.43. The Bertz CT molecular complexity index is 1350. The molecule has 4 rings (SSSR count). The van der Waals surface area contributed by atoms with E-state index in [-0.39, 0.29) is 11.7 Å². The van der Waals surface area contributed by atoms with Gasteiger partial charge in [-0.05, 0) is 29.8 Å². The Morgan fingerprint density at radius 2 is 2.03 bits per heavy atom. The average Bonchev–Trinajstić information content (AvgIpc) is 3.47. The fourth-order valence-corrected chi connectivity index (χ4v) is 5.11. The number of aromatic nitrogens is 4. The third-order valence-corrected chi connectivity index (χ3v) is 6.96. The quantitative estimate of drug-likeness (QED) is 0.177. The van der Waals surface area contributed by atoms with Crippen LogP contribution in [0.1, 0.15) is 10.4 Å². The topological polar surface area (TPSA) is 99.0 Å². The van der Waals surface area contributed by atoms with Crippen molar-refractivity contribution in [2.45, 2.75) is 11.7 Å². The summed E-state index contributed by atoms with van der Waals surface area (Å²) in [5, 5.41) is 14.7. The first kappa shape index (κ1) is 24.6. The lowest BCUT2D eigenvalue weighted by molar-refractivity contribution is -0.113. The number of esters is 1. The number of halogens is 1. The molecule has 0 radical (unpaired) electrons. The maximum atomic E-state index is 12.8. The molecule has 0 saturated heterocycles. The van der Waals surface area contributed by atoms with E-state index in [0.717, 1.165) is 5.56 Å². The number of carbonyl (C=O) groups excluding carboxylic acids is 2. The van der Waals surface area contributed by atoms with Crippen LogP contribution in [0.2, 0.25) is 5.02 Å². The van der Waals surface area contributed by atoms with Crippen LogP contribution < -0.4 is 5.32 Å². The number of nitrogens with zero attached hydrogens (tertiary/aromatic N) is 4. The Hall–Kier alpha value is -3.47. The van der Waals surface area contributed by atoms with Gasteiger partial charge >= 0.3 is 5.97 Å². The summed E-state index contributed by atoms with van der Waals surface area (Å²) >= 11 is 8.47. The number of carbonyl (C=O) groups is 2. The van der Waals surface area contributed by atoms with Gasteiger partial charge in [0.1, 0.15) is 16.3 Å². The van der Waals surface area contributed by atoms with E-state index in [1.165, 1.54) is 30.2 Å². The average molecular weight is 526 g/mol. The lowest BCUT2D eigenvalue weighted by atomic mass is 10.0. The molecule has 0 aliphatic carbocycles. The molecule has 0 atom stereocenters. The molecule has 1 amide bonds. The van der Waals surface area contributed by atoms with E-state index >= 15 is 0 Å². The number of amides is 1. The summed E-state index contributed by atoms with van der Waals surface area (Å²) in [5.74, 6) is -0.180. The lowest BCUT2D eigenvalue weighted by Crippen LogP contribution is -2.16. The van der Waals surface area contributed by atoms with E-state index in [1.807, 2.05) is 34.9 Å². The minimum atomic E-state index is -0.537. The van der Waals surface area contributed by atoms with Gasteiger partial charge < -0.3 is 10.1 Å². The monoisotopic (exact) mass is 525 g/mol. The van der Waals surface area contributed by atoms with Gasteiger partial charge in [0.15, 0.2) is 11.0 Å². The summed E-state index contributed by atoms with van der Waals surface area (Å²) in [6, 6.07) is 12.6. The van der Waals surface area contributed by atoms with Crippen LogP contribution in [0, 0.1) is 0 Å². The zero-order chi connectivity index (χ0) is 24.8. The summed E-state index contributed by atoms with van der Waals surface area (Å²) in [6.45, 7) is 4.26. The summed E-state index contributed by atoms with van der Waals surface area (Å²) in [5.41, 5.74) is 2.42. The minimum Gasteiger partial charge on any atom is -0.465 e. The van der Waals surface area contributed by atoms with Gasteiger partial charge in [0.05, 0.1) is 12.9 Å². The van der Waals surface area contributed by atoms with Crippen LogP contribution in [0.3, 0.4) is 0 Å². The molecule has 35 heavy (non-hydrogen) atoms. The molecule has 4 aromatic rings. The molecule has 1 aromatic carbocycles. The Kier molecular flexibility index (Phi) is 7.96. The molecule has 0 aliphatic rings. The van der Waals surface area contributed by atoms with Crippen LogP contribution >= 0.6 is 34.7 Å². The highest BCUT2D eigenvalue weighted by atomic mass is 35.5. The van der Waals surface area contributed by atoms with Crippen LogP contribution in [0.25, 0.3) is 22.6 Å². The first-order chi connectivity index (χ1) is 17.0. The molecule has 0 saturated carbocycles. The number of methoxy groups -OCH3 is 1. The molecule has 11 heteroatoms. The van der Waals surface area contributed by atoms with Crippen molar-refractivity contribution in [3.8, 4) is 22.6 Å². The third kappa shape index (κ3) is 5.61. The number of nitrogens with one attached hydrogen (secondary N) is 1. The molecule has 8 nitrogen and oxygen atoms in total. The number of benzene rings is 1. The molecule has 0 unspecified atom stereocenters. The second kappa shape index (κ2) is 11.3. The standard InChI is InChI=1S/C24H20ClN5O3S2/c1-3-12-30-21(18-6-4-5-11-26-18)28-29-24(30)35-14-19(31)27-22-20(23(32)33-2)17(13-34-22)15-7-9-16(25)10-8-15/h3-11,13H,1,12,14H2,2H3,(H,27,31). The number of hydrogen-bond acceptors (Lipinski definition) is 8. The molecule has 0 spiro atoms. The Labute approximate surface area is 215 Å². The second-order valence-corrected chi connectivity index (χ2v) is 9.37. The van der Waals surface area contributed by atoms with Crippen molar-refractivity contribution in [1.82, 2.24) is 19.7 Å². The van der Waals surface area contributed by atoms with E-state index in [1.54, 1.807) is 29.8 Å². The van der Waals surface area contributed by atoms with Crippen LogP contribution in [0.4, 0.5) is 5.00 Å². The molecule has 3 aromatic heterocycles. The fraction of sp³-hybridized carbons (Fsp3) is 0.125. The number of rotatable bonds is 9. The highest BCUT2D eigenvalue weighted by Gasteiger charge is 2.23. The fourth-order valence-electron chi connectivity index (χ4n) is 3.26. The van der Waals surface area contributed by atoms with E-state index in [2.05, 4.69) is 27.1 Å². The van der Waals surface area contributed by atoms with Gasteiger partial charge in [0.2, 0.25) is 5.91 Å². The molecule has 0 fully saturated rings. The molecule has 0 bridgehead atoms. The Balaban J connectivity index is 1.52. The van der Waals surface area contributed by atoms with E-state index in [4.69, 9.17) is 16.3 Å². The SMILES string of the molecule is C=CCn1c(SCC(=O)Nc2scc(-c3ccc(Cl)cc3)c2C(=O)OC)nnc1-c1ccccn1. The van der Waals surface area contributed by atoms with E-state index < -0.39 is 5.97 Å². The predicted molar refractivity (Wildman–Crippen MR) is 139 cm³/mol. The van der Waals surface area contributed by atoms with Crippen LogP contribution in [0.5, 0.6) is 0 Å². The first-order valence-corrected chi connectivity index (χ1v) is 12.6. The smallest absolute Gasteiger partial charge is 0.341 e. The molecular weight excluding hydrogens is 506 g/mol. The number of thioether (sulfide) groups is 1. The number of allylic oxidation sites excluding steroid dienone is 1. The van der Waals surface area contributed by atoms with Crippen molar-refractivity contribution < 1.29 is 14.3 Å². The van der Waals surface area contributed by atoms with Gasteiger partial charge in [0, 0.05) is 28.7 Å². The van der Waals surface area contributed by atoms with Crippen LogP contribution in [-0.2, 0) is 16.1 Å².